The zero-order valence-corrected chi connectivity index (χ0v) is 12.7. The topological polar surface area (TPSA) is 38.4 Å². The third kappa shape index (κ3) is 2.52. The van der Waals surface area contributed by atoms with Gasteiger partial charge in [-0.05, 0) is 30.5 Å². The number of halogens is 1. The van der Waals surface area contributed by atoms with Gasteiger partial charge in [0.05, 0.1) is 11.8 Å². The first-order chi connectivity index (χ1) is 11.2. The third-order valence-corrected chi connectivity index (χ3v) is 4.36. The molecule has 0 bridgehead atoms. The van der Waals surface area contributed by atoms with Crippen molar-refractivity contribution in [1.29, 1.82) is 0 Å². The molecule has 1 aromatic carbocycles. The fraction of sp³-hybridized carbons (Fsp3) is 0.278. The number of aromatic nitrogens is 1. The second kappa shape index (κ2) is 5.57. The molecule has 1 amide bonds. The van der Waals surface area contributed by atoms with Crippen molar-refractivity contribution >= 4 is 17.0 Å². The summed E-state index contributed by atoms with van der Waals surface area (Å²) in [5, 5.41) is 0. The normalized spacial score (nSPS) is 14.7. The molecule has 23 heavy (non-hydrogen) atoms. The lowest BCUT2D eigenvalue weighted by Gasteiger charge is -2.17. The maximum absolute atomic E-state index is 13.5. The van der Waals surface area contributed by atoms with E-state index in [1.807, 2.05) is 21.6 Å². The minimum Gasteiger partial charge on any atom is -0.463 e. The van der Waals surface area contributed by atoms with Gasteiger partial charge in [-0.25, -0.2) is 4.39 Å². The third-order valence-electron chi connectivity index (χ3n) is 4.36. The van der Waals surface area contributed by atoms with Crippen LogP contribution >= 0.6 is 0 Å². The fourth-order valence-electron chi connectivity index (χ4n) is 3.22. The lowest BCUT2D eigenvalue weighted by Crippen LogP contribution is -2.29. The molecule has 3 heterocycles. The summed E-state index contributed by atoms with van der Waals surface area (Å²) in [6.07, 6.45) is 3.70. The van der Waals surface area contributed by atoms with Crippen LogP contribution < -0.4 is 0 Å². The van der Waals surface area contributed by atoms with E-state index in [4.69, 9.17) is 4.42 Å². The summed E-state index contributed by atoms with van der Waals surface area (Å²) in [5.74, 6) is -0.254. The zero-order chi connectivity index (χ0) is 15.8. The van der Waals surface area contributed by atoms with Gasteiger partial charge >= 0.3 is 0 Å². The summed E-state index contributed by atoms with van der Waals surface area (Å²) in [4.78, 5) is 14.7. The first kappa shape index (κ1) is 14.1. The number of carbonyl (C=O) groups is 1. The first-order valence-corrected chi connectivity index (χ1v) is 7.83. The molecule has 2 aromatic heterocycles. The summed E-state index contributed by atoms with van der Waals surface area (Å²) in [6, 6.07) is 10.1. The molecule has 0 aliphatic carbocycles. The van der Waals surface area contributed by atoms with Crippen molar-refractivity contribution in [3.8, 4) is 0 Å². The first-order valence-electron chi connectivity index (χ1n) is 7.83. The van der Waals surface area contributed by atoms with E-state index in [0.717, 1.165) is 37.0 Å². The highest BCUT2D eigenvalue weighted by atomic mass is 19.1. The molecular formula is C18H17FN2O2. The van der Waals surface area contributed by atoms with Crippen molar-refractivity contribution < 1.29 is 13.6 Å². The van der Waals surface area contributed by atoms with Gasteiger partial charge in [0.1, 0.15) is 11.5 Å². The summed E-state index contributed by atoms with van der Waals surface area (Å²) in [6.45, 7) is 2.03. The second-order valence-electron chi connectivity index (χ2n) is 5.92. The monoisotopic (exact) mass is 312 g/mol. The van der Waals surface area contributed by atoms with Crippen LogP contribution in [0.4, 0.5) is 4.39 Å². The average molecular weight is 312 g/mol. The summed E-state index contributed by atoms with van der Waals surface area (Å²) < 4.78 is 20.8. The number of benzene rings is 1. The van der Waals surface area contributed by atoms with Crippen LogP contribution in [0.1, 0.15) is 28.9 Å². The van der Waals surface area contributed by atoms with Gasteiger partial charge in [0.15, 0.2) is 5.58 Å². The van der Waals surface area contributed by atoms with Gasteiger partial charge in [0, 0.05) is 31.8 Å². The summed E-state index contributed by atoms with van der Waals surface area (Å²) >= 11 is 0. The van der Waals surface area contributed by atoms with E-state index < -0.39 is 0 Å². The molecule has 118 valence electrons. The Bertz CT molecular complexity index is 859. The fourth-order valence-corrected chi connectivity index (χ4v) is 3.22. The number of hydrogen-bond acceptors (Lipinski definition) is 2. The predicted octanol–water partition coefficient (Wildman–Crippen LogP) is 3.66. The van der Waals surface area contributed by atoms with Crippen LogP contribution in [-0.2, 0) is 6.54 Å². The van der Waals surface area contributed by atoms with Crippen molar-refractivity contribution in [3.63, 3.8) is 0 Å². The molecular weight excluding hydrogens is 295 g/mol. The summed E-state index contributed by atoms with van der Waals surface area (Å²) in [5.41, 5.74) is 2.96. The Balaban J connectivity index is 1.75. The Kier molecular flexibility index (Phi) is 3.41. The molecule has 0 spiro atoms. The van der Waals surface area contributed by atoms with E-state index in [1.165, 1.54) is 12.1 Å². The van der Waals surface area contributed by atoms with Gasteiger partial charge in [0.2, 0.25) is 0 Å². The van der Waals surface area contributed by atoms with Gasteiger partial charge in [0.25, 0.3) is 5.91 Å². The molecule has 0 unspecified atom stereocenters. The van der Waals surface area contributed by atoms with Crippen molar-refractivity contribution in [2.24, 2.45) is 0 Å². The maximum Gasteiger partial charge on any atom is 0.270 e. The van der Waals surface area contributed by atoms with Gasteiger partial charge < -0.3 is 13.9 Å². The van der Waals surface area contributed by atoms with Crippen LogP contribution in [0, 0.1) is 5.82 Å². The molecule has 0 N–H and O–H groups in total. The van der Waals surface area contributed by atoms with Crippen LogP contribution in [0.2, 0.25) is 0 Å². The molecule has 4 rings (SSSR count). The van der Waals surface area contributed by atoms with E-state index in [1.54, 1.807) is 18.4 Å². The Morgan fingerprint density at radius 1 is 1.17 bits per heavy atom. The molecule has 1 aliphatic rings. The number of hydrogen-bond donors (Lipinski definition) is 0. The quantitative estimate of drug-likeness (QED) is 0.740. The van der Waals surface area contributed by atoms with Crippen LogP contribution in [0.5, 0.6) is 0 Å². The minimum absolute atomic E-state index is 0.0188. The van der Waals surface area contributed by atoms with Gasteiger partial charge in [-0.15, -0.1) is 0 Å². The molecule has 1 saturated heterocycles. The Hall–Kier alpha value is -2.56. The van der Waals surface area contributed by atoms with Crippen LogP contribution in [0.15, 0.2) is 47.1 Å². The number of carbonyl (C=O) groups excluding carboxylic acids is 1. The minimum atomic E-state index is -0.273. The van der Waals surface area contributed by atoms with Crippen molar-refractivity contribution in [1.82, 2.24) is 9.47 Å². The van der Waals surface area contributed by atoms with E-state index in [0.29, 0.717) is 17.8 Å². The van der Waals surface area contributed by atoms with E-state index in [2.05, 4.69) is 0 Å². The standard InChI is InChI=1S/C18H17FN2O2/c19-14-5-3-4-13(10-14)12-21-15-6-9-23-17(15)11-16(21)18(22)20-7-1-2-8-20/h3-6,9-11H,1-2,7-8,12H2. The summed E-state index contributed by atoms with van der Waals surface area (Å²) in [7, 11) is 0. The highest BCUT2D eigenvalue weighted by molar-refractivity contribution is 5.97. The Morgan fingerprint density at radius 2 is 2.00 bits per heavy atom. The average Bonchev–Trinajstić information content (AvgIpc) is 3.25. The SMILES string of the molecule is O=C(c1cc2occc2n1Cc1cccc(F)c1)N1CCCC1. The van der Waals surface area contributed by atoms with Gasteiger partial charge in [-0.3, -0.25) is 4.79 Å². The van der Waals surface area contributed by atoms with Crippen molar-refractivity contribution in [2.75, 3.05) is 13.1 Å². The molecule has 4 nitrogen and oxygen atoms in total. The van der Waals surface area contributed by atoms with Crippen LogP contribution in [-0.4, -0.2) is 28.5 Å². The molecule has 3 aromatic rings. The Labute approximate surface area is 133 Å². The highest BCUT2D eigenvalue weighted by Crippen LogP contribution is 2.25. The maximum atomic E-state index is 13.5. The lowest BCUT2D eigenvalue weighted by atomic mass is 10.2. The zero-order valence-electron chi connectivity index (χ0n) is 12.7. The molecule has 0 radical (unpaired) electrons. The molecule has 0 atom stereocenters. The number of likely N-dealkylation sites (tertiary alicyclic amines) is 1. The number of furan rings is 1. The van der Waals surface area contributed by atoms with Gasteiger partial charge in [-0.2, -0.15) is 0 Å². The lowest BCUT2D eigenvalue weighted by molar-refractivity contribution is 0.0783. The molecule has 1 fully saturated rings. The second-order valence-corrected chi connectivity index (χ2v) is 5.92. The van der Waals surface area contributed by atoms with Crippen LogP contribution in [0.25, 0.3) is 11.1 Å². The molecule has 5 heteroatoms. The van der Waals surface area contributed by atoms with Gasteiger partial charge in [-0.1, -0.05) is 12.1 Å². The number of rotatable bonds is 3. The van der Waals surface area contributed by atoms with E-state index in [-0.39, 0.29) is 11.7 Å². The van der Waals surface area contributed by atoms with Crippen molar-refractivity contribution in [3.05, 3.63) is 59.7 Å². The predicted molar refractivity (Wildman–Crippen MR) is 84.8 cm³/mol. The smallest absolute Gasteiger partial charge is 0.270 e. The van der Waals surface area contributed by atoms with Crippen molar-refractivity contribution in [2.45, 2.75) is 19.4 Å². The largest absolute Gasteiger partial charge is 0.463 e. The molecule has 1 aliphatic heterocycles. The number of fused-ring (bicyclic) bond motifs is 1. The number of nitrogens with zero attached hydrogens (tertiary/aromatic N) is 2. The highest BCUT2D eigenvalue weighted by Gasteiger charge is 2.24. The molecule has 0 saturated carbocycles. The van der Waals surface area contributed by atoms with E-state index >= 15 is 0 Å². The Morgan fingerprint density at radius 3 is 2.78 bits per heavy atom. The van der Waals surface area contributed by atoms with E-state index in [9.17, 15) is 9.18 Å². The number of amides is 1. The van der Waals surface area contributed by atoms with Crippen LogP contribution in [0.3, 0.4) is 0 Å².